The fourth-order valence-corrected chi connectivity index (χ4v) is 3.98. The van der Waals surface area contributed by atoms with Crippen LogP contribution in [-0.2, 0) is 6.42 Å². The summed E-state index contributed by atoms with van der Waals surface area (Å²) < 4.78 is 0. The Hall–Kier alpha value is -0.980. The summed E-state index contributed by atoms with van der Waals surface area (Å²) in [5.41, 5.74) is 2.02. The van der Waals surface area contributed by atoms with Crippen molar-refractivity contribution < 1.29 is 0 Å². The van der Waals surface area contributed by atoms with E-state index >= 15 is 0 Å². The van der Waals surface area contributed by atoms with Gasteiger partial charge < -0.3 is 10.2 Å². The number of likely N-dealkylation sites (tertiary alicyclic amines) is 1. The second-order valence-corrected chi connectivity index (χ2v) is 6.79. The van der Waals surface area contributed by atoms with Crippen LogP contribution in [0.2, 0.25) is 0 Å². The molecule has 3 heterocycles. The molecule has 1 aliphatic heterocycles. The molecule has 0 unspecified atom stereocenters. The molecule has 2 aromatic heterocycles. The van der Waals surface area contributed by atoms with Crippen molar-refractivity contribution in [2.45, 2.75) is 26.2 Å². The molecule has 1 N–H and O–H groups in total. The zero-order chi connectivity index (χ0) is 13.8. The van der Waals surface area contributed by atoms with Crippen molar-refractivity contribution in [3.8, 4) is 11.4 Å². The van der Waals surface area contributed by atoms with Gasteiger partial charge in [-0.25, -0.2) is 9.97 Å². The van der Waals surface area contributed by atoms with E-state index in [1.807, 2.05) is 0 Å². The summed E-state index contributed by atoms with van der Waals surface area (Å²) in [4.78, 5) is 11.8. The van der Waals surface area contributed by atoms with Crippen LogP contribution in [0.15, 0.2) is 10.8 Å². The molecule has 0 spiro atoms. The Morgan fingerprint density at radius 1 is 1.15 bits per heavy atom. The first-order valence-electron chi connectivity index (χ1n) is 7.21. The lowest BCUT2D eigenvalue weighted by atomic mass is 10.3. The van der Waals surface area contributed by atoms with Crippen molar-refractivity contribution >= 4 is 27.8 Å². The molecule has 0 saturated carbocycles. The molecule has 4 nitrogen and oxygen atoms in total. The fourth-order valence-electron chi connectivity index (χ4n) is 2.43. The van der Waals surface area contributed by atoms with Crippen LogP contribution in [0, 0.1) is 0 Å². The number of nitrogens with one attached hydrogen (secondary N) is 1. The van der Waals surface area contributed by atoms with Crippen LogP contribution in [0.5, 0.6) is 0 Å². The van der Waals surface area contributed by atoms with E-state index in [0.29, 0.717) is 0 Å². The largest absolute Gasteiger partial charge is 0.362 e. The van der Waals surface area contributed by atoms with Crippen molar-refractivity contribution in [1.29, 1.82) is 0 Å². The van der Waals surface area contributed by atoms with Gasteiger partial charge in [0, 0.05) is 30.3 Å². The molecule has 2 aromatic rings. The van der Waals surface area contributed by atoms with Gasteiger partial charge >= 0.3 is 0 Å². The van der Waals surface area contributed by atoms with Gasteiger partial charge in [-0.2, -0.15) is 0 Å². The lowest BCUT2D eigenvalue weighted by Gasteiger charge is -2.12. The normalized spacial score (nSPS) is 15.8. The molecule has 6 heteroatoms. The molecule has 3 rings (SSSR count). The molecule has 0 radical (unpaired) electrons. The van der Waals surface area contributed by atoms with E-state index in [1.54, 1.807) is 22.7 Å². The minimum Gasteiger partial charge on any atom is -0.362 e. The minimum absolute atomic E-state index is 0.908. The van der Waals surface area contributed by atoms with Crippen LogP contribution >= 0.6 is 22.7 Å². The minimum atomic E-state index is 0.908. The van der Waals surface area contributed by atoms with E-state index in [2.05, 4.69) is 32.9 Å². The molecule has 108 valence electrons. The number of anilines is 1. The summed E-state index contributed by atoms with van der Waals surface area (Å²) in [6, 6.07) is 0. The van der Waals surface area contributed by atoms with E-state index in [4.69, 9.17) is 4.98 Å². The van der Waals surface area contributed by atoms with Crippen LogP contribution in [0.3, 0.4) is 0 Å². The Balaban J connectivity index is 1.60. The van der Waals surface area contributed by atoms with Gasteiger partial charge in [-0.3, -0.25) is 0 Å². The highest BCUT2D eigenvalue weighted by Gasteiger charge is 2.13. The van der Waals surface area contributed by atoms with Crippen LogP contribution in [0.1, 0.15) is 24.8 Å². The van der Waals surface area contributed by atoms with Crippen LogP contribution in [0.4, 0.5) is 5.13 Å². The van der Waals surface area contributed by atoms with E-state index in [0.717, 1.165) is 36.0 Å². The summed E-state index contributed by atoms with van der Waals surface area (Å²) >= 11 is 3.40. The zero-order valence-electron chi connectivity index (χ0n) is 11.8. The van der Waals surface area contributed by atoms with E-state index in [9.17, 15) is 0 Å². The molecule has 0 bridgehead atoms. The maximum Gasteiger partial charge on any atom is 0.183 e. The number of hydrogen-bond acceptors (Lipinski definition) is 6. The number of aromatic nitrogens is 2. The van der Waals surface area contributed by atoms with Gasteiger partial charge in [0.25, 0.3) is 0 Å². The summed E-state index contributed by atoms with van der Waals surface area (Å²) in [5, 5.41) is 9.66. The molecule has 0 amide bonds. The second kappa shape index (κ2) is 6.65. The zero-order valence-corrected chi connectivity index (χ0v) is 13.4. The second-order valence-electron chi connectivity index (χ2n) is 4.99. The molecule has 0 atom stereocenters. The monoisotopic (exact) mass is 308 g/mol. The molecule has 1 fully saturated rings. The smallest absolute Gasteiger partial charge is 0.183 e. The number of thiazole rings is 2. The highest BCUT2D eigenvalue weighted by molar-refractivity contribution is 7.14. The molecule has 0 aromatic carbocycles. The maximum absolute atomic E-state index is 4.72. The van der Waals surface area contributed by atoms with E-state index in [1.165, 1.54) is 30.9 Å². The number of nitrogens with zero attached hydrogens (tertiary/aromatic N) is 3. The van der Waals surface area contributed by atoms with Gasteiger partial charge in [0.05, 0.1) is 5.01 Å². The summed E-state index contributed by atoms with van der Waals surface area (Å²) in [6.45, 7) is 6.66. The Kier molecular flexibility index (Phi) is 4.65. The lowest BCUT2D eigenvalue weighted by Crippen LogP contribution is -2.21. The fraction of sp³-hybridized carbons (Fsp3) is 0.571. The Morgan fingerprint density at radius 3 is 2.70 bits per heavy atom. The Morgan fingerprint density at radius 2 is 1.90 bits per heavy atom. The van der Waals surface area contributed by atoms with Crippen LogP contribution in [-0.4, -0.2) is 41.0 Å². The van der Waals surface area contributed by atoms with Gasteiger partial charge in [-0.15, -0.1) is 22.7 Å². The van der Waals surface area contributed by atoms with Crippen LogP contribution in [0.25, 0.3) is 11.4 Å². The van der Waals surface area contributed by atoms with Gasteiger partial charge in [0.2, 0.25) is 0 Å². The predicted octanol–water partition coefficient (Wildman–Crippen LogP) is 3.34. The molecule has 20 heavy (non-hydrogen) atoms. The standard InChI is InChI=1S/C14H20N4S2/c1-2-15-14-17-12(10-20-14)11-9-19-13(16-11)5-8-18-6-3-4-7-18/h9-10H,2-8H2,1H3,(H,15,17). The Bertz CT molecular complexity index is 543. The first-order valence-corrected chi connectivity index (χ1v) is 8.97. The SMILES string of the molecule is CCNc1nc(-c2csc(CCN3CCCC3)n2)cs1. The first-order chi connectivity index (χ1) is 9.85. The maximum atomic E-state index is 4.72. The molecular weight excluding hydrogens is 288 g/mol. The van der Waals surface area contributed by atoms with Crippen molar-refractivity contribution in [3.05, 3.63) is 15.8 Å². The van der Waals surface area contributed by atoms with Crippen molar-refractivity contribution in [2.24, 2.45) is 0 Å². The van der Waals surface area contributed by atoms with Crippen molar-refractivity contribution in [3.63, 3.8) is 0 Å². The summed E-state index contributed by atoms with van der Waals surface area (Å²) in [5.74, 6) is 0. The molecule has 1 aliphatic rings. The topological polar surface area (TPSA) is 41.1 Å². The summed E-state index contributed by atoms with van der Waals surface area (Å²) in [6.07, 6.45) is 3.78. The number of rotatable bonds is 6. The van der Waals surface area contributed by atoms with Gasteiger partial charge in [-0.1, -0.05) is 0 Å². The predicted molar refractivity (Wildman–Crippen MR) is 86.8 cm³/mol. The quantitative estimate of drug-likeness (QED) is 0.888. The molecule has 1 saturated heterocycles. The van der Waals surface area contributed by atoms with Gasteiger partial charge in [0.1, 0.15) is 11.4 Å². The van der Waals surface area contributed by atoms with Gasteiger partial charge in [0.15, 0.2) is 5.13 Å². The van der Waals surface area contributed by atoms with Gasteiger partial charge in [-0.05, 0) is 32.9 Å². The van der Waals surface area contributed by atoms with Crippen molar-refractivity contribution in [1.82, 2.24) is 14.9 Å². The average molecular weight is 308 g/mol. The lowest BCUT2D eigenvalue weighted by molar-refractivity contribution is 0.343. The highest BCUT2D eigenvalue weighted by atomic mass is 32.1. The highest BCUT2D eigenvalue weighted by Crippen LogP contribution is 2.26. The third-order valence-electron chi connectivity index (χ3n) is 3.49. The molecular formula is C14H20N4S2. The number of hydrogen-bond donors (Lipinski definition) is 1. The van der Waals surface area contributed by atoms with E-state index < -0.39 is 0 Å². The van der Waals surface area contributed by atoms with Crippen molar-refractivity contribution in [2.75, 3.05) is 31.5 Å². The first kappa shape index (κ1) is 14.0. The Labute approximate surface area is 127 Å². The average Bonchev–Trinajstić information content (AvgIpc) is 3.18. The van der Waals surface area contributed by atoms with E-state index in [-0.39, 0.29) is 0 Å². The third kappa shape index (κ3) is 3.37. The summed E-state index contributed by atoms with van der Waals surface area (Å²) in [7, 11) is 0. The third-order valence-corrected chi connectivity index (χ3v) is 5.20. The molecule has 0 aliphatic carbocycles. The van der Waals surface area contributed by atoms with Crippen LogP contribution < -0.4 is 5.32 Å².